The van der Waals surface area contributed by atoms with Gasteiger partial charge >= 0.3 is 5.97 Å². The highest BCUT2D eigenvalue weighted by Crippen LogP contribution is 2.39. The number of nitrogens with zero attached hydrogens (tertiary/aromatic N) is 1. The molecule has 0 aliphatic heterocycles. The summed E-state index contributed by atoms with van der Waals surface area (Å²) in [7, 11) is 0. The van der Waals surface area contributed by atoms with Crippen LogP contribution in [0, 0.1) is 5.92 Å². The molecule has 5 heteroatoms. The van der Waals surface area contributed by atoms with Gasteiger partial charge in [-0.3, -0.25) is 4.79 Å². The van der Waals surface area contributed by atoms with Gasteiger partial charge in [-0.05, 0) is 44.7 Å². The number of nitrogens with one attached hydrogen (secondary N) is 1. The number of aromatic carboxylic acids is 1. The smallest absolute Gasteiger partial charge is 0.354 e. The maximum atomic E-state index is 12.0. The molecule has 1 heterocycles. The fourth-order valence-corrected chi connectivity index (χ4v) is 1.94. The molecule has 0 unspecified atom stereocenters. The molecule has 96 valence electrons. The number of carboxylic acids is 1. The van der Waals surface area contributed by atoms with E-state index in [4.69, 9.17) is 5.11 Å². The van der Waals surface area contributed by atoms with E-state index in [1.165, 1.54) is 18.2 Å². The van der Waals surface area contributed by atoms with Gasteiger partial charge in [0.15, 0.2) is 0 Å². The Hall–Kier alpha value is -1.91. The van der Waals surface area contributed by atoms with Gasteiger partial charge in [0.05, 0.1) is 0 Å². The van der Waals surface area contributed by atoms with Crippen LogP contribution in [0.3, 0.4) is 0 Å². The average molecular weight is 248 g/mol. The summed E-state index contributed by atoms with van der Waals surface area (Å²) < 4.78 is 0. The third kappa shape index (κ3) is 2.67. The lowest BCUT2D eigenvalue weighted by Gasteiger charge is -2.25. The second-order valence-electron chi connectivity index (χ2n) is 5.16. The van der Waals surface area contributed by atoms with Crippen LogP contribution < -0.4 is 5.32 Å². The topological polar surface area (TPSA) is 79.3 Å². The minimum atomic E-state index is -1.13. The van der Waals surface area contributed by atoms with Crippen LogP contribution in [0.2, 0.25) is 0 Å². The van der Waals surface area contributed by atoms with Gasteiger partial charge in [0.25, 0.3) is 5.91 Å². The van der Waals surface area contributed by atoms with E-state index in [9.17, 15) is 9.59 Å². The number of amides is 1. The Morgan fingerprint density at radius 1 is 1.33 bits per heavy atom. The van der Waals surface area contributed by atoms with Crippen molar-refractivity contribution in [1.82, 2.24) is 10.3 Å². The van der Waals surface area contributed by atoms with Crippen molar-refractivity contribution in [2.24, 2.45) is 5.92 Å². The van der Waals surface area contributed by atoms with Gasteiger partial charge in [-0.2, -0.15) is 0 Å². The minimum Gasteiger partial charge on any atom is -0.477 e. The van der Waals surface area contributed by atoms with E-state index in [1.54, 1.807) is 0 Å². The van der Waals surface area contributed by atoms with Gasteiger partial charge in [-0.1, -0.05) is 6.07 Å². The molecular weight excluding hydrogens is 232 g/mol. The molecular formula is C13H16N2O3. The van der Waals surface area contributed by atoms with E-state index >= 15 is 0 Å². The summed E-state index contributed by atoms with van der Waals surface area (Å²) in [6, 6.07) is 4.41. The van der Waals surface area contributed by atoms with Crippen molar-refractivity contribution in [2.75, 3.05) is 0 Å². The van der Waals surface area contributed by atoms with Crippen LogP contribution in [0.15, 0.2) is 18.2 Å². The lowest BCUT2D eigenvalue weighted by atomic mass is 9.98. The minimum absolute atomic E-state index is 0.119. The summed E-state index contributed by atoms with van der Waals surface area (Å²) in [5, 5.41) is 11.7. The SMILES string of the molecule is CC(C)(NC(=O)c1cccc(C(=O)O)n1)C1CC1. The highest BCUT2D eigenvalue weighted by molar-refractivity contribution is 5.94. The molecule has 0 radical (unpaired) electrons. The van der Waals surface area contributed by atoms with Gasteiger partial charge in [-0.15, -0.1) is 0 Å². The van der Waals surface area contributed by atoms with Crippen LogP contribution in [0.4, 0.5) is 0 Å². The number of carbonyl (C=O) groups is 2. The molecule has 2 rings (SSSR count). The monoisotopic (exact) mass is 248 g/mol. The molecule has 0 bridgehead atoms. The summed E-state index contributed by atoms with van der Waals surface area (Å²) in [4.78, 5) is 26.6. The molecule has 1 aromatic rings. The molecule has 0 aromatic carbocycles. The van der Waals surface area contributed by atoms with Gasteiger partial charge in [0, 0.05) is 5.54 Å². The third-order valence-corrected chi connectivity index (χ3v) is 3.23. The van der Waals surface area contributed by atoms with Crippen LogP contribution >= 0.6 is 0 Å². The molecule has 0 saturated heterocycles. The average Bonchev–Trinajstić information content (AvgIpc) is 3.12. The third-order valence-electron chi connectivity index (χ3n) is 3.23. The number of aromatic nitrogens is 1. The molecule has 1 amide bonds. The number of hydrogen-bond acceptors (Lipinski definition) is 3. The van der Waals surface area contributed by atoms with E-state index < -0.39 is 5.97 Å². The first-order valence-electron chi connectivity index (χ1n) is 5.93. The molecule has 1 aliphatic carbocycles. The van der Waals surface area contributed by atoms with Gasteiger partial charge in [-0.25, -0.2) is 9.78 Å². The van der Waals surface area contributed by atoms with E-state index in [1.807, 2.05) is 13.8 Å². The summed E-state index contributed by atoms with van der Waals surface area (Å²) in [5.74, 6) is -0.954. The van der Waals surface area contributed by atoms with Crippen LogP contribution in [-0.2, 0) is 0 Å². The maximum absolute atomic E-state index is 12.0. The number of pyridine rings is 1. The Bertz CT molecular complexity index is 493. The fourth-order valence-electron chi connectivity index (χ4n) is 1.94. The number of rotatable bonds is 4. The standard InChI is InChI=1S/C13H16N2O3/c1-13(2,8-6-7-8)15-11(16)9-4-3-5-10(14-9)12(17)18/h3-5,8H,6-7H2,1-2H3,(H,15,16)(H,17,18). The Balaban J connectivity index is 2.13. The Kier molecular flexibility index (Phi) is 3.07. The zero-order chi connectivity index (χ0) is 13.3. The second kappa shape index (κ2) is 4.40. The van der Waals surface area contributed by atoms with Gasteiger partial charge in [0.1, 0.15) is 11.4 Å². The summed E-state index contributed by atoms with van der Waals surface area (Å²) in [6.07, 6.45) is 2.24. The molecule has 0 spiro atoms. The van der Waals surface area contributed by atoms with Crippen molar-refractivity contribution in [3.8, 4) is 0 Å². The highest BCUT2D eigenvalue weighted by atomic mass is 16.4. The predicted octanol–water partition coefficient (Wildman–Crippen LogP) is 1.70. The summed E-state index contributed by atoms with van der Waals surface area (Å²) in [5.41, 5.74) is -0.242. The molecule has 2 N–H and O–H groups in total. The zero-order valence-corrected chi connectivity index (χ0v) is 10.4. The largest absolute Gasteiger partial charge is 0.477 e. The van der Waals surface area contributed by atoms with Crippen molar-refractivity contribution < 1.29 is 14.7 Å². The highest BCUT2D eigenvalue weighted by Gasteiger charge is 2.39. The van der Waals surface area contributed by atoms with Gasteiger partial charge < -0.3 is 10.4 Å². The first-order valence-corrected chi connectivity index (χ1v) is 5.93. The maximum Gasteiger partial charge on any atom is 0.354 e. The van der Waals surface area contributed by atoms with Crippen LogP contribution in [0.1, 0.15) is 47.7 Å². The lowest BCUT2D eigenvalue weighted by Crippen LogP contribution is -2.45. The van der Waals surface area contributed by atoms with Crippen molar-refractivity contribution in [1.29, 1.82) is 0 Å². The lowest BCUT2D eigenvalue weighted by molar-refractivity contribution is 0.0690. The number of carbonyl (C=O) groups excluding carboxylic acids is 1. The van der Waals surface area contributed by atoms with Crippen LogP contribution in [-0.4, -0.2) is 27.5 Å². The molecule has 1 fully saturated rings. The normalized spacial score (nSPS) is 15.2. The quantitative estimate of drug-likeness (QED) is 0.850. The Morgan fingerprint density at radius 3 is 2.50 bits per heavy atom. The van der Waals surface area contributed by atoms with E-state index in [-0.39, 0.29) is 22.8 Å². The fraction of sp³-hybridized carbons (Fsp3) is 0.462. The first kappa shape index (κ1) is 12.5. The Morgan fingerprint density at radius 2 is 1.94 bits per heavy atom. The van der Waals surface area contributed by atoms with Crippen molar-refractivity contribution in [3.63, 3.8) is 0 Å². The second-order valence-corrected chi connectivity index (χ2v) is 5.16. The Labute approximate surface area is 105 Å². The predicted molar refractivity (Wildman–Crippen MR) is 65.5 cm³/mol. The molecule has 1 aromatic heterocycles. The van der Waals surface area contributed by atoms with Crippen molar-refractivity contribution >= 4 is 11.9 Å². The molecule has 5 nitrogen and oxygen atoms in total. The number of carboxylic acid groups (broad SMARTS) is 1. The zero-order valence-electron chi connectivity index (χ0n) is 10.4. The molecule has 18 heavy (non-hydrogen) atoms. The van der Waals surface area contributed by atoms with Crippen LogP contribution in [0.25, 0.3) is 0 Å². The van der Waals surface area contributed by atoms with Crippen molar-refractivity contribution in [2.45, 2.75) is 32.2 Å². The molecule has 0 atom stereocenters. The first-order chi connectivity index (χ1) is 8.40. The van der Waals surface area contributed by atoms with Gasteiger partial charge in [0.2, 0.25) is 0 Å². The van der Waals surface area contributed by atoms with E-state index in [0.717, 1.165) is 12.8 Å². The van der Waals surface area contributed by atoms with Crippen LogP contribution in [0.5, 0.6) is 0 Å². The molecule has 1 saturated carbocycles. The number of hydrogen-bond donors (Lipinski definition) is 2. The van der Waals surface area contributed by atoms with Crippen molar-refractivity contribution in [3.05, 3.63) is 29.6 Å². The molecule has 1 aliphatic rings. The van der Waals surface area contributed by atoms with E-state index in [2.05, 4.69) is 10.3 Å². The van der Waals surface area contributed by atoms with E-state index in [0.29, 0.717) is 5.92 Å². The summed E-state index contributed by atoms with van der Waals surface area (Å²) >= 11 is 0. The summed E-state index contributed by atoms with van der Waals surface area (Å²) in [6.45, 7) is 3.95.